The fraction of sp³-hybridized carbons (Fsp3) is 0.176. The number of aliphatic hydroxyl groups excluding tert-OH is 1. The second-order valence-corrected chi connectivity index (χ2v) is 5.97. The van der Waals surface area contributed by atoms with E-state index in [-0.39, 0.29) is 22.0 Å². The van der Waals surface area contributed by atoms with Gasteiger partial charge in [-0.05, 0) is 24.1 Å². The number of nitrogens with one attached hydrogen (secondary N) is 1. The van der Waals surface area contributed by atoms with Gasteiger partial charge in [0.15, 0.2) is 12.0 Å². The van der Waals surface area contributed by atoms with Crippen LogP contribution in [-0.4, -0.2) is 29.1 Å². The van der Waals surface area contributed by atoms with Gasteiger partial charge in [-0.1, -0.05) is 59.6 Å². The molecule has 0 radical (unpaired) electrons. The second kappa shape index (κ2) is 8.26. The van der Waals surface area contributed by atoms with Crippen molar-refractivity contribution in [3.63, 3.8) is 0 Å². The van der Waals surface area contributed by atoms with Gasteiger partial charge in [0, 0.05) is 0 Å². The summed E-state index contributed by atoms with van der Waals surface area (Å²) in [4.78, 5) is 24.6. The van der Waals surface area contributed by atoms with Crippen LogP contribution in [-0.2, 0) is 11.2 Å². The van der Waals surface area contributed by atoms with Gasteiger partial charge in [0.1, 0.15) is 0 Å². The highest BCUT2D eigenvalue weighted by molar-refractivity contribution is 6.39. The SMILES string of the molecule is NC(O)C(=O)[C@H](Cc1ccccc1)NC(=O)c1c(Cl)cccc1Cl. The van der Waals surface area contributed by atoms with E-state index in [2.05, 4.69) is 5.32 Å². The van der Waals surface area contributed by atoms with Gasteiger partial charge in [0.05, 0.1) is 21.7 Å². The largest absolute Gasteiger partial charge is 0.371 e. The number of halogens is 2. The summed E-state index contributed by atoms with van der Waals surface area (Å²) >= 11 is 12.0. The van der Waals surface area contributed by atoms with E-state index in [1.165, 1.54) is 12.1 Å². The molecular weight excluding hydrogens is 351 g/mol. The molecule has 24 heavy (non-hydrogen) atoms. The Morgan fingerprint density at radius 3 is 2.17 bits per heavy atom. The minimum Gasteiger partial charge on any atom is -0.371 e. The predicted molar refractivity (Wildman–Crippen MR) is 93.1 cm³/mol. The Bertz CT molecular complexity index is 716. The Balaban J connectivity index is 2.25. The maximum atomic E-state index is 12.5. The highest BCUT2D eigenvalue weighted by Crippen LogP contribution is 2.24. The van der Waals surface area contributed by atoms with E-state index in [9.17, 15) is 14.7 Å². The lowest BCUT2D eigenvalue weighted by Crippen LogP contribution is -2.49. The number of rotatable bonds is 6. The van der Waals surface area contributed by atoms with Crippen LogP contribution in [0.4, 0.5) is 0 Å². The molecule has 2 atom stereocenters. The smallest absolute Gasteiger partial charge is 0.254 e. The molecule has 1 amide bonds. The number of nitrogens with two attached hydrogens (primary N) is 1. The molecule has 0 fully saturated rings. The third-order valence-electron chi connectivity index (χ3n) is 3.41. The Morgan fingerprint density at radius 1 is 1.04 bits per heavy atom. The second-order valence-electron chi connectivity index (χ2n) is 5.16. The van der Waals surface area contributed by atoms with Crippen LogP contribution in [0, 0.1) is 0 Å². The number of carbonyl (C=O) groups excluding carboxylic acids is 2. The molecule has 1 unspecified atom stereocenters. The minimum atomic E-state index is -1.69. The molecular formula is C17H16Cl2N2O3. The summed E-state index contributed by atoms with van der Waals surface area (Å²) in [7, 11) is 0. The molecule has 0 aliphatic carbocycles. The van der Waals surface area contributed by atoms with Crippen molar-refractivity contribution < 1.29 is 14.7 Å². The van der Waals surface area contributed by atoms with Crippen molar-refractivity contribution in [1.82, 2.24) is 5.32 Å². The summed E-state index contributed by atoms with van der Waals surface area (Å²) in [6.45, 7) is 0. The van der Waals surface area contributed by atoms with Crippen molar-refractivity contribution in [2.45, 2.75) is 18.7 Å². The molecule has 2 aromatic rings. The monoisotopic (exact) mass is 366 g/mol. The Labute approximate surface area is 149 Å². The van der Waals surface area contributed by atoms with Crippen molar-refractivity contribution in [3.05, 3.63) is 69.7 Å². The molecule has 0 saturated carbocycles. The number of carbonyl (C=O) groups is 2. The molecule has 7 heteroatoms. The molecule has 2 aromatic carbocycles. The van der Waals surface area contributed by atoms with Gasteiger partial charge < -0.3 is 10.4 Å². The number of hydrogen-bond acceptors (Lipinski definition) is 4. The lowest BCUT2D eigenvalue weighted by atomic mass is 10.0. The zero-order valence-corrected chi connectivity index (χ0v) is 14.1. The number of amides is 1. The Hall–Kier alpha value is -1.92. The fourth-order valence-electron chi connectivity index (χ4n) is 2.22. The Kier molecular flexibility index (Phi) is 6.34. The molecule has 0 heterocycles. The number of aliphatic hydroxyl groups is 1. The maximum Gasteiger partial charge on any atom is 0.254 e. The van der Waals surface area contributed by atoms with E-state index in [1.807, 2.05) is 18.2 Å². The van der Waals surface area contributed by atoms with Crippen LogP contribution in [0.2, 0.25) is 10.0 Å². The van der Waals surface area contributed by atoms with Crippen LogP contribution in [0.15, 0.2) is 48.5 Å². The van der Waals surface area contributed by atoms with Crippen LogP contribution < -0.4 is 11.1 Å². The van der Waals surface area contributed by atoms with Gasteiger partial charge in [0.25, 0.3) is 5.91 Å². The zero-order valence-electron chi connectivity index (χ0n) is 12.6. The fourth-order valence-corrected chi connectivity index (χ4v) is 2.79. The molecule has 0 aliphatic rings. The molecule has 5 nitrogen and oxygen atoms in total. The van der Waals surface area contributed by atoms with Gasteiger partial charge in [-0.3, -0.25) is 15.3 Å². The maximum absolute atomic E-state index is 12.5. The van der Waals surface area contributed by atoms with Gasteiger partial charge in [-0.2, -0.15) is 0 Å². The summed E-state index contributed by atoms with van der Waals surface area (Å²) < 4.78 is 0. The summed E-state index contributed by atoms with van der Waals surface area (Å²) in [6, 6.07) is 12.7. The van der Waals surface area contributed by atoms with Crippen molar-refractivity contribution >= 4 is 34.9 Å². The minimum absolute atomic E-state index is 0.0678. The average molecular weight is 367 g/mol. The van der Waals surface area contributed by atoms with Gasteiger partial charge in [-0.25, -0.2) is 0 Å². The number of benzene rings is 2. The third-order valence-corrected chi connectivity index (χ3v) is 4.04. The highest BCUT2D eigenvalue weighted by Gasteiger charge is 2.27. The lowest BCUT2D eigenvalue weighted by Gasteiger charge is -2.20. The molecule has 0 aliphatic heterocycles. The predicted octanol–water partition coefficient (Wildman–Crippen LogP) is 2.18. The average Bonchev–Trinajstić information content (AvgIpc) is 2.54. The summed E-state index contributed by atoms with van der Waals surface area (Å²) in [5.41, 5.74) is 6.14. The van der Waals surface area contributed by atoms with E-state index in [4.69, 9.17) is 28.9 Å². The molecule has 2 rings (SSSR count). The van der Waals surface area contributed by atoms with Crippen LogP contribution in [0.1, 0.15) is 15.9 Å². The molecule has 0 saturated heterocycles. The quantitative estimate of drug-likeness (QED) is 0.683. The van der Waals surface area contributed by atoms with Crippen molar-refractivity contribution in [2.75, 3.05) is 0 Å². The molecule has 0 aromatic heterocycles. The first-order valence-electron chi connectivity index (χ1n) is 7.16. The van der Waals surface area contributed by atoms with Crippen LogP contribution >= 0.6 is 23.2 Å². The van der Waals surface area contributed by atoms with E-state index in [1.54, 1.807) is 18.2 Å². The number of hydrogen-bond donors (Lipinski definition) is 3. The van der Waals surface area contributed by atoms with Gasteiger partial charge in [-0.15, -0.1) is 0 Å². The Morgan fingerprint density at radius 2 is 1.62 bits per heavy atom. The van der Waals surface area contributed by atoms with Crippen molar-refractivity contribution in [2.24, 2.45) is 5.73 Å². The van der Waals surface area contributed by atoms with Crippen LogP contribution in [0.25, 0.3) is 0 Å². The standard InChI is InChI=1S/C17H16Cl2N2O3/c18-11-7-4-8-12(19)14(11)17(24)21-13(15(22)16(20)23)9-10-5-2-1-3-6-10/h1-8,13,16,23H,9,20H2,(H,21,24)/t13-,16?/m0/s1. The first kappa shape index (κ1) is 18.4. The van der Waals surface area contributed by atoms with Crippen LogP contribution in [0.5, 0.6) is 0 Å². The first-order chi connectivity index (χ1) is 11.4. The number of ketones is 1. The van der Waals surface area contributed by atoms with E-state index in [0.717, 1.165) is 5.56 Å². The lowest BCUT2D eigenvalue weighted by molar-refractivity contribution is -0.128. The normalized spacial score (nSPS) is 13.2. The summed E-state index contributed by atoms with van der Waals surface area (Å²) in [5, 5.41) is 12.3. The van der Waals surface area contributed by atoms with Crippen LogP contribution in [0.3, 0.4) is 0 Å². The summed E-state index contributed by atoms with van der Waals surface area (Å²) in [6.07, 6.45) is -1.51. The van der Waals surface area contributed by atoms with E-state index < -0.39 is 24.0 Å². The number of Topliss-reactive ketones (excluding diaryl/α,β-unsaturated/α-hetero) is 1. The molecule has 0 spiro atoms. The first-order valence-corrected chi connectivity index (χ1v) is 7.92. The van der Waals surface area contributed by atoms with Gasteiger partial charge >= 0.3 is 0 Å². The molecule has 0 bridgehead atoms. The van der Waals surface area contributed by atoms with Crippen molar-refractivity contribution in [1.29, 1.82) is 0 Å². The van der Waals surface area contributed by atoms with Crippen molar-refractivity contribution in [3.8, 4) is 0 Å². The third kappa shape index (κ3) is 4.55. The van der Waals surface area contributed by atoms with E-state index >= 15 is 0 Å². The molecule has 4 N–H and O–H groups in total. The topological polar surface area (TPSA) is 92.4 Å². The summed E-state index contributed by atoms with van der Waals surface area (Å²) in [5.74, 6) is -1.31. The molecule has 126 valence electrons. The van der Waals surface area contributed by atoms with Gasteiger partial charge in [0.2, 0.25) is 0 Å². The van der Waals surface area contributed by atoms with E-state index in [0.29, 0.717) is 0 Å². The highest BCUT2D eigenvalue weighted by atomic mass is 35.5. The zero-order chi connectivity index (χ0) is 17.7.